The Morgan fingerprint density at radius 3 is 2.48 bits per heavy atom. The van der Waals surface area contributed by atoms with Crippen LogP contribution in [0.1, 0.15) is 15.9 Å². The van der Waals surface area contributed by atoms with Crippen LogP contribution in [0.3, 0.4) is 0 Å². The maximum absolute atomic E-state index is 14.3. The number of rotatable bonds is 4. The molecule has 0 bridgehead atoms. The number of nitrogens with two attached hydrogens (primary N) is 1. The van der Waals surface area contributed by atoms with E-state index in [-0.39, 0.29) is 11.3 Å². The van der Waals surface area contributed by atoms with Crippen molar-refractivity contribution >= 4 is 17.3 Å². The predicted molar refractivity (Wildman–Crippen MR) is 96.1 cm³/mol. The average molecular weight is 343 g/mol. The van der Waals surface area contributed by atoms with Crippen molar-refractivity contribution in [1.82, 2.24) is 4.90 Å². The number of nitrogen functional groups attached to an aromatic ring is 1. The Balaban J connectivity index is 1.69. The van der Waals surface area contributed by atoms with Gasteiger partial charge in [-0.2, -0.15) is 0 Å². The molecule has 5 nitrogen and oxygen atoms in total. The van der Waals surface area contributed by atoms with E-state index in [4.69, 9.17) is 10.5 Å². The maximum atomic E-state index is 14.3. The third-order valence-electron chi connectivity index (χ3n) is 4.49. The van der Waals surface area contributed by atoms with Crippen molar-refractivity contribution < 1.29 is 13.9 Å². The van der Waals surface area contributed by atoms with Gasteiger partial charge in [-0.3, -0.25) is 4.90 Å². The van der Waals surface area contributed by atoms with Crippen molar-refractivity contribution in [1.29, 1.82) is 0 Å². The van der Waals surface area contributed by atoms with Crippen LogP contribution in [0.2, 0.25) is 0 Å². The average Bonchev–Trinajstić information content (AvgIpc) is 2.63. The lowest BCUT2D eigenvalue weighted by Crippen LogP contribution is -2.46. The summed E-state index contributed by atoms with van der Waals surface area (Å²) >= 11 is 0. The van der Waals surface area contributed by atoms with Gasteiger partial charge in [-0.1, -0.05) is 30.3 Å². The maximum Gasteiger partial charge on any atom is 0.340 e. The monoisotopic (exact) mass is 343 g/mol. The smallest absolute Gasteiger partial charge is 0.340 e. The van der Waals surface area contributed by atoms with E-state index in [0.29, 0.717) is 18.8 Å². The summed E-state index contributed by atoms with van der Waals surface area (Å²) in [6.45, 7) is 3.91. The van der Waals surface area contributed by atoms with E-state index in [1.807, 2.05) is 23.1 Å². The van der Waals surface area contributed by atoms with Gasteiger partial charge in [0, 0.05) is 38.4 Å². The minimum Gasteiger partial charge on any atom is -0.465 e. The number of esters is 1. The van der Waals surface area contributed by atoms with Gasteiger partial charge in [0.25, 0.3) is 0 Å². The normalized spacial score (nSPS) is 15.2. The number of piperazine rings is 1. The number of nitrogens with zero attached hydrogens (tertiary/aromatic N) is 2. The zero-order chi connectivity index (χ0) is 17.8. The highest BCUT2D eigenvalue weighted by Gasteiger charge is 2.22. The third kappa shape index (κ3) is 3.91. The van der Waals surface area contributed by atoms with Crippen LogP contribution in [-0.4, -0.2) is 44.2 Å². The Morgan fingerprint density at radius 2 is 1.84 bits per heavy atom. The molecule has 132 valence electrons. The number of carbonyl (C=O) groups excluding carboxylic acids is 1. The quantitative estimate of drug-likeness (QED) is 0.683. The van der Waals surface area contributed by atoms with E-state index in [1.54, 1.807) is 0 Å². The molecule has 2 aromatic rings. The molecule has 0 aliphatic carbocycles. The van der Waals surface area contributed by atoms with E-state index < -0.39 is 11.8 Å². The molecule has 0 amide bonds. The number of ether oxygens (including phenoxy) is 1. The number of hydrogen-bond acceptors (Lipinski definition) is 5. The summed E-state index contributed by atoms with van der Waals surface area (Å²) in [6, 6.07) is 13.0. The lowest BCUT2D eigenvalue weighted by atomic mass is 10.1. The van der Waals surface area contributed by atoms with Crippen molar-refractivity contribution in [2.45, 2.75) is 6.54 Å². The van der Waals surface area contributed by atoms with Gasteiger partial charge in [-0.05, 0) is 17.7 Å². The third-order valence-corrected chi connectivity index (χ3v) is 4.49. The zero-order valence-corrected chi connectivity index (χ0v) is 14.2. The molecule has 1 aliphatic heterocycles. The molecule has 1 heterocycles. The first-order chi connectivity index (χ1) is 12.1. The van der Waals surface area contributed by atoms with Gasteiger partial charge in [-0.25, -0.2) is 9.18 Å². The van der Waals surface area contributed by atoms with Crippen LogP contribution < -0.4 is 10.6 Å². The van der Waals surface area contributed by atoms with Gasteiger partial charge >= 0.3 is 5.97 Å². The summed E-state index contributed by atoms with van der Waals surface area (Å²) in [5.74, 6) is -0.969. The summed E-state index contributed by atoms with van der Waals surface area (Å²) in [5.41, 5.74) is 7.69. The molecule has 0 aromatic heterocycles. The molecular weight excluding hydrogens is 321 g/mol. The highest BCUT2D eigenvalue weighted by atomic mass is 19.1. The van der Waals surface area contributed by atoms with Crippen LogP contribution in [0, 0.1) is 5.82 Å². The molecule has 0 atom stereocenters. The molecule has 1 fully saturated rings. The predicted octanol–water partition coefficient (Wildman–Crippen LogP) is 2.52. The van der Waals surface area contributed by atoms with E-state index in [0.717, 1.165) is 19.6 Å². The highest BCUT2D eigenvalue weighted by molar-refractivity contribution is 5.96. The molecule has 0 unspecified atom stereocenters. The van der Waals surface area contributed by atoms with Gasteiger partial charge in [0.05, 0.1) is 18.4 Å². The number of carbonyl (C=O) groups is 1. The van der Waals surface area contributed by atoms with Crippen molar-refractivity contribution in [3.05, 3.63) is 59.4 Å². The minimum atomic E-state index is -0.554. The SMILES string of the molecule is COC(=O)c1cc(N2CCN(Cc3ccccc3)CC2)c(F)cc1N. The molecular formula is C19H22FN3O2. The lowest BCUT2D eigenvalue weighted by Gasteiger charge is -2.36. The largest absolute Gasteiger partial charge is 0.465 e. The molecule has 0 spiro atoms. The second-order valence-corrected chi connectivity index (χ2v) is 6.13. The molecule has 1 saturated heterocycles. The van der Waals surface area contributed by atoms with Crippen LogP contribution in [0.5, 0.6) is 0 Å². The molecule has 2 aromatic carbocycles. The fraction of sp³-hybridized carbons (Fsp3) is 0.316. The summed E-state index contributed by atoms with van der Waals surface area (Å²) in [5, 5.41) is 0. The second-order valence-electron chi connectivity index (χ2n) is 6.13. The first-order valence-electron chi connectivity index (χ1n) is 8.27. The number of anilines is 2. The van der Waals surface area contributed by atoms with Gasteiger partial charge in [0.1, 0.15) is 5.82 Å². The van der Waals surface area contributed by atoms with Crippen molar-refractivity contribution in [3.63, 3.8) is 0 Å². The van der Waals surface area contributed by atoms with Crippen LogP contribution in [0.15, 0.2) is 42.5 Å². The van der Waals surface area contributed by atoms with Crippen molar-refractivity contribution in [3.8, 4) is 0 Å². The zero-order valence-electron chi connectivity index (χ0n) is 14.2. The van der Waals surface area contributed by atoms with Gasteiger partial charge in [0.2, 0.25) is 0 Å². The van der Waals surface area contributed by atoms with E-state index in [9.17, 15) is 9.18 Å². The highest BCUT2D eigenvalue weighted by Crippen LogP contribution is 2.27. The van der Waals surface area contributed by atoms with Gasteiger partial charge in [0.15, 0.2) is 0 Å². The Morgan fingerprint density at radius 1 is 1.16 bits per heavy atom. The Kier molecular flexibility index (Phi) is 5.19. The van der Waals surface area contributed by atoms with Crippen LogP contribution >= 0.6 is 0 Å². The molecule has 2 N–H and O–H groups in total. The Bertz CT molecular complexity index is 744. The molecule has 1 aliphatic rings. The summed E-state index contributed by atoms with van der Waals surface area (Å²) in [4.78, 5) is 16.1. The van der Waals surface area contributed by atoms with E-state index >= 15 is 0 Å². The van der Waals surface area contributed by atoms with Gasteiger partial charge < -0.3 is 15.4 Å². The summed E-state index contributed by atoms with van der Waals surface area (Å²) < 4.78 is 19.1. The number of halogens is 1. The molecule has 0 saturated carbocycles. The molecule has 6 heteroatoms. The van der Waals surface area contributed by atoms with Crippen LogP contribution in [0.4, 0.5) is 15.8 Å². The van der Waals surface area contributed by atoms with Crippen LogP contribution in [-0.2, 0) is 11.3 Å². The first-order valence-corrected chi connectivity index (χ1v) is 8.27. The standard InChI is InChI=1S/C19H22FN3O2/c1-25-19(24)15-11-18(16(20)12-17(15)21)23-9-7-22(8-10-23)13-14-5-3-2-4-6-14/h2-6,11-12H,7-10,13,21H2,1H3. The fourth-order valence-corrected chi connectivity index (χ4v) is 3.09. The van der Waals surface area contributed by atoms with Crippen molar-refractivity contribution in [2.75, 3.05) is 43.9 Å². The first kappa shape index (κ1) is 17.2. The number of methoxy groups -OCH3 is 1. The number of benzene rings is 2. The Hall–Kier alpha value is -2.60. The van der Waals surface area contributed by atoms with Gasteiger partial charge in [-0.15, -0.1) is 0 Å². The molecule has 25 heavy (non-hydrogen) atoms. The van der Waals surface area contributed by atoms with E-state index in [1.165, 1.54) is 24.8 Å². The lowest BCUT2D eigenvalue weighted by molar-refractivity contribution is 0.0602. The topological polar surface area (TPSA) is 58.8 Å². The summed E-state index contributed by atoms with van der Waals surface area (Å²) in [6.07, 6.45) is 0. The van der Waals surface area contributed by atoms with Crippen molar-refractivity contribution in [2.24, 2.45) is 0 Å². The van der Waals surface area contributed by atoms with E-state index in [2.05, 4.69) is 17.0 Å². The fourth-order valence-electron chi connectivity index (χ4n) is 3.09. The van der Waals surface area contributed by atoms with Crippen LogP contribution in [0.25, 0.3) is 0 Å². The summed E-state index contributed by atoms with van der Waals surface area (Å²) in [7, 11) is 1.28. The Labute approximate surface area is 146 Å². The molecule has 3 rings (SSSR count). The molecule has 0 radical (unpaired) electrons. The minimum absolute atomic E-state index is 0.0933. The second kappa shape index (κ2) is 7.53. The number of hydrogen-bond donors (Lipinski definition) is 1.